The molecular weight excluding hydrogens is 192 g/mol. The van der Waals surface area contributed by atoms with Crippen molar-refractivity contribution in [2.75, 3.05) is 19.0 Å². The molecule has 2 heterocycles. The maximum Gasteiger partial charge on any atom is 0.245 e. The summed E-state index contributed by atoms with van der Waals surface area (Å²) in [6, 6.07) is 1.84. The molecule has 5 nitrogen and oxygen atoms in total. The fourth-order valence-corrected chi connectivity index (χ4v) is 1.96. The first kappa shape index (κ1) is 10.2. The van der Waals surface area contributed by atoms with Crippen LogP contribution in [0.2, 0.25) is 0 Å². The van der Waals surface area contributed by atoms with E-state index in [1.54, 1.807) is 11.9 Å². The zero-order valence-corrected chi connectivity index (χ0v) is 9.32. The summed E-state index contributed by atoms with van der Waals surface area (Å²) < 4.78 is 1.89. The van der Waals surface area contributed by atoms with Gasteiger partial charge in [0.05, 0.1) is 11.7 Å². The first-order chi connectivity index (χ1) is 7.13. The fraction of sp³-hybridized carbons (Fsp3) is 0.600. The molecule has 0 aliphatic carbocycles. The molecule has 0 spiro atoms. The smallest absolute Gasteiger partial charge is 0.245 e. The molecule has 15 heavy (non-hydrogen) atoms. The molecule has 0 aromatic carbocycles. The molecule has 1 amide bonds. The molecule has 1 N–H and O–H groups in total. The monoisotopic (exact) mass is 208 g/mol. The molecule has 1 aromatic rings. The van der Waals surface area contributed by atoms with Crippen molar-refractivity contribution in [1.29, 1.82) is 0 Å². The van der Waals surface area contributed by atoms with E-state index >= 15 is 0 Å². The summed E-state index contributed by atoms with van der Waals surface area (Å²) in [5, 5.41) is 7.39. The minimum absolute atomic E-state index is 0.1000. The summed E-state index contributed by atoms with van der Waals surface area (Å²) in [5.74, 6) is 0.992. The Hall–Kier alpha value is -1.36. The minimum Gasteiger partial charge on any atom is -0.309 e. The van der Waals surface area contributed by atoms with E-state index in [-0.39, 0.29) is 11.9 Å². The van der Waals surface area contributed by atoms with Gasteiger partial charge in [-0.3, -0.25) is 9.69 Å². The molecule has 1 aliphatic heterocycles. The summed E-state index contributed by atoms with van der Waals surface area (Å²) in [7, 11) is 3.61. The van der Waals surface area contributed by atoms with Gasteiger partial charge in [-0.2, -0.15) is 5.10 Å². The Bertz CT molecular complexity index is 385. The summed E-state index contributed by atoms with van der Waals surface area (Å²) in [5.41, 5.74) is 0.951. The van der Waals surface area contributed by atoms with E-state index in [0.29, 0.717) is 0 Å². The Balaban J connectivity index is 2.37. The lowest BCUT2D eigenvalue weighted by atomic mass is 10.2. The van der Waals surface area contributed by atoms with Crippen molar-refractivity contribution in [3.05, 3.63) is 11.8 Å². The van der Waals surface area contributed by atoms with Crippen LogP contribution in [0.5, 0.6) is 0 Å². The lowest BCUT2D eigenvalue weighted by Gasteiger charge is -2.18. The highest BCUT2D eigenvalue weighted by Crippen LogP contribution is 2.20. The first-order valence-electron chi connectivity index (χ1n) is 5.12. The SMILES string of the molecule is CNC1CCn2nc(C)cc2N(C)C1=O. The van der Waals surface area contributed by atoms with E-state index in [9.17, 15) is 4.79 Å². The standard InChI is InChI=1S/C10H16N4O/c1-7-6-9-13(3)10(15)8(11-2)4-5-14(9)12-7/h6,8,11H,4-5H2,1-3H3. The summed E-state index contributed by atoms with van der Waals surface area (Å²) in [6.45, 7) is 2.72. The molecule has 1 aromatic heterocycles. The molecule has 0 saturated heterocycles. The van der Waals surface area contributed by atoms with Gasteiger partial charge in [-0.15, -0.1) is 0 Å². The number of hydrogen-bond donors (Lipinski definition) is 1. The van der Waals surface area contributed by atoms with Crippen LogP contribution in [-0.2, 0) is 11.3 Å². The van der Waals surface area contributed by atoms with Crippen LogP contribution in [0.3, 0.4) is 0 Å². The van der Waals surface area contributed by atoms with Crippen molar-refractivity contribution in [1.82, 2.24) is 15.1 Å². The van der Waals surface area contributed by atoms with Crippen molar-refractivity contribution in [2.24, 2.45) is 0 Å². The van der Waals surface area contributed by atoms with Gasteiger partial charge in [0.15, 0.2) is 0 Å². The van der Waals surface area contributed by atoms with Crippen molar-refractivity contribution in [2.45, 2.75) is 25.9 Å². The molecule has 1 aliphatic rings. The Morgan fingerprint density at radius 1 is 1.60 bits per heavy atom. The lowest BCUT2D eigenvalue weighted by molar-refractivity contribution is -0.120. The molecule has 82 valence electrons. The van der Waals surface area contributed by atoms with Crippen LogP contribution in [0.1, 0.15) is 12.1 Å². The Morgan fingerprint density at radius 3 is 3.00 bits per heavy atom. The summed E-state index contributed by atoms with van der Waals surface area (Å²) in [4.78, 5) is 13.6. The molecule has 2 rings (SSSR count). The largest absolute Gasteiger partial charge is 0.309 e. The normalized spacial score (nSPS) is 21.4. The van der Waals surface area contributed by atoms with Crippen LogP contribution >= 0.6 is 0 Å². The summed E-state index contributed by atoms with van der Waals surface area (Å²) in [6.07, 6.45) is 0.786. The van der Waals surface area contributed by atoms with E-state index in [0.717, 1.165) is 24.5 Å². The van der Waals surface area contributed by atoms with Gasteiger partial charge in [0, 0.05) is 19.7 Å². The second-order valence-electron chi connectivity index (χ2n) is 3.89. The molecule has 0 radical (unpaired) electrons. The minimum atomic E-state index is -0.1000. The number of aromatic nitrogens is 2. The topological polar surface area (TPSA) is 50.2 Å². The van der Waals surface area contributed by atoms with Gasteiger partial charge in [-0.05, 0) is 20.4 Å². The third kappa shape index (κ3) is 1.63. The van der Waals surface area contributed by atoms with Crippen molar-refractivity contribution in [3.63, 3.8) is 0 Å². The van der Waals surface area contributed by atoms with Gasteiger partial charge in [0.1, 0.15) is 5.82 Å². The third-order valence-electron chi connectivity index (χ3n) is 2.83. The second-order valence-corrected chi connectivity index (χ2v) is 3.89. The van der Waals surface area contributed by atoms with Crippen LogP contribution in [0.4, 0.5) is 5.82 Å². The molecule has 0 fully saturated rings. The van der Waals surface area contributed by atoms with E-state index in [4.69, 9.17) is 0 Å². The van der Waals surface area contributed by atoms with Crippen molar-refractivity contribution >= 4 is 11.7 Å². The average Bonchev–Trinajstić information content (AvgIpc) is 2.54. The number of aryl methyl sites for hydroxylation is 2. The number of carbonyl (C=O) groups excluding carboxylic acids is 1. The Morgan fingerprint density at radius 2 is 2.33 bits per heavy atom. The number of carbonyl (C=O) groups is 1. The Labute approximate surface area is 89.1 Å². The van der Waals surface area contributed by atoms with Crippen molar-refractivity contribution in [3.8, 4) is 0 Å². The highest BCUT2D eigenvalue weighted by Gasteiger charge is 2.27. The number of nitrogens with one attached hydrogen (secondary N) is 1. The van der Waals surface area contributed by atoms with E-state index in [1.807, 2.05) is 24.7 Å². The van der Waals surface area contributed by atoms with Gasteiger partial charge in [-0.25, -0.2) is 4.68 Å². The summed E-state index contributed by atoms with van der Waals surface area (Å²) >= 11 is 0. The van der Waals surface area contributed by atoms with Gasteiger partial charge in [-0.1, -0.05) is 0 Å². The van der Waals surface area contributed by atoms with Gasteiger partial charge in [0.25, 0.3) is 0 Å². The lowest BCUT2D eigenvalue weighted by Crippen LogP contribution is -2.42. The van der Waals surface area contributed by atoms with Gasteiger partial charge in [0.2, 0.25) is 5.91 Å². The third-order valence-corrected chi connectivity index (χ3v) is 2.83. The van der Waals surface area contributed by atoms with Crippen LogP contribution in [0.25, 0.3) is 0 Å². The quantitative estimate of drug-likeness (QED) is 0.714. The second kappa shape index (κ2) is 3.66. The van der Waals surface area contributed by atoms with Crippen LogP contribution in [0, 0.1) is 6.92 Å². The number of likely N-dealkylation sites (N-methyl/N-ethyl adjacent to an activating group) is 2. The van der Waals surface area contributed by atoms with Gasteiger partial charge < -0.3 is 5.32 Å². The predicted octanol–water partition coefficient (Wildman–Crippen LogP) is 0.146. The first-order valence-corrected chi connectivity index (χ1v) is 5.12. The number of hydrogen-bond acceptors (Lipinski definition) is 3. The molecule has 1 atom stereocenters. The highest BCUT2D eigenvalue weighted by molar-refractivity contribution is 5.96. The maximum atomic E-state index is 12.0. The highest BCUT2D eigenvalue weighted by atomic mass is 16.2. The van der Waals surface area contributed by atoms with Gasteiger partial charge >= 0.3 is 0 Å². The number of nitrogens with zero attached hydrogens (tertiary/aromatic N) is 3. The molecule has 1 unspecified atom stereocenters. The Kier molecular flexibility index (Phi) is 2.48. The fourth-order valence-electron chi connectivity index (χ4n) is 1.96. The van der Waals surface area contributed by atoms with E-state index in [2.05, 4.69) is 10.4 Å². The van der Waals surface area contributed by atoms with E-state index < -0.39 is 0 Å². The van der Waals surface area contributed by atoms with Crippen LogP contribution in [0.15, 0.2) is 6.07 Å². The maximum absolute atomic E-state index is 12.0. The van der Waals surface area contributed by atoms with E-state index in [1.165, 1.54) is 0 Å². The number of rotatable bonds is 1. The van der Waals surface area contributed by atoms with Crippen molar-refractivity contribution < 1.29 is 4.79 Å². The number of fused-ring (bicyclic) bond motifs is 1. The molecule has 5 heteroatoms. The predicted molar refractivity (Wildman–Crippen MR) is 57.8 cm³/mol. The zero-order valence-electron chi connectivity index (χ0n) is 9.32. The number of amides is 1. The zero-order chi connectivity index (χ0) is 11.0. The van der Waals surface area contributed by atoms with Crippen LogP contribution < -0.4 is 10.2 Å². The number of anilines is 1. The molecule has 0 bridgehead atoms. The average molecular weight is 208 g/mol. The molecular formula is C10H16N4O. The molecule has 0 saturated carbocycles. The van der Waals surface area contributed by atoms with Crippen LogP contribution in [-0.4, -0.2) is 35.8 Å².